The summed E-state index contributed by atoms with van der Waals surface area (Å²) < 4.78 is 37.7. The standard InChI is InChI=1S/C13H17BrF3NO/c1-2-3-8-12(19,18-9-13(15,16)17)10-4-6-11(14)7-5-10/h4-7,18-19H,2-3,8-9H2,1H3. The molecule has 1 atom stereocenters. The van der Waals surface area contributed by atoms with E-state index in [1.54, 1.807) is 24.3 Å². The van der Waals surface area contributed by atoms with Crippen molar-refractivity contribution in [3.05, 3.63) is 34.3 Å². The highest BCUT2D eigenvalue weighted by Gasteiger charge is 2.35. The topological polar surface area (TPSA) is 32.3 Å². The molecular weight excluding hydrogens is 323 g/mol. The maximum Gasteiger partial charge on any atom is 0.401 e. The van der Waals surface area contributed by atoms with Crippen LogP contribution < -0.4 is 5.32 Å². The van der Waals surface area contributed by atoms with E-state index in [0.717, 1.165) is 10.9 Å². The van der Waals surface area contributed by atoms with Crippen molar-refractivity contribution in [1.82, 2.24) is 5.32 Å². The Labute approximate surface area is 119 Å². The maximum atomic E-state index is 12.3. The minimum Gasteiger partial charge on any atom is -0.372 e. The monoisotopic (exact) mass is 339 g/mol. The molecule has 1 unspecified atom stereocenters. The van der Waals surface area contributed by atoms with Gasteiger partial charge in [-0.3, -0.25) is 5.32 Å². The van der Waals surface area contributed by atoms with Crippen molar-refractivity contribution in [2.75, 3.05) is 6.54 Å². The molecule has 0 aliphatic heterocycles. The van der Waals surface area contributed by atoms with Crippen LogP contribution in [-0.2, 0) is 5.72 Å². The predicted octanol–water partition coefficient (Wildman–Crippen LogP) is 3.94. The molecule has 0 spiro atoms. The quantitative estimate of drug-likeness (QED) is 0.769. The smallest absolute Gasteiger partial charge is 0.372 e. The van der Waals surface area contributed by atoms with Crippen LogP contribution >= 0.6 is 15.9 Å². The van der Waals surface area contributed by atoms with Crippen LogP contribution in [0.2, 0.25) is 0 Å². The number of hydrogen-bond donors (Lipinski definition) is 2. The summed E-state index contributed by atoms with van der Waals surface area (Å²) in [6, 6.07) is 6.62. The summed E-state index contributed by atoms with van der Waals surface area (Å²) in [4.78, 5) is 0. The molecule has 0 bridgehead atoms. The van der Waals surface area contributed by atoms with Crippen molar-refractivity contribution in [3.63, 3.8) is 0 Å². The van der Waals surface area contributed by atoms with Gasteiger partial charge in [0.15, 0.2) is 0 Å². The van der Waals surface area contributed by atoms with E-state index in [9.17, 15) is 18.3 Å². The third kappa shape index (κ3) is 5.50. The number of hydrogen-bond acceptors (Lipinski definition) is 2. The zero-order valence-corrected chi connectivity index (χ0v) is 12.2. The van der Waals surface area contributed by atoms with Crippen molar-refractivity contribution in [2.45, 2.75) is 38.1 Å². The highest BCUT2D eigenvalue weighted by Crippen LogP contribution is 2.27. The van der Waals surface area contributed by atoms with Crippen LogP contribution in [-0.4, -0.2) is 17.8 Å². The first-order valence-corrected chi connectivity index (χ1v) is 6.86. The van der Waals surface area contributed by atoms with Gasteiger partial charge >= 0.3 is 6.18 Å². The molecule has 0 aliphatic carbocycles. The third-order valence-electron chi connectivity index (χ3n) is 2.80. The Bertz CT molecular complexity index is 394. The van der Waals surface area contributed by atoms with Crippen molar-refractivity contribution in [2.24, 2.45) is 0 Å². The summed E-state index contributed by atoms with van der Waals surface area (Å²) in [6.45, 7) is 0.703. The molecule has 0 fully saturated rings. The van der Waals surface area contributed by atoms with Gasteiger partial charge in [0.25, 0.3) is 0 Å². The summed E-state index contributed by atoms with van der Waals surface area (Å²) in [5.41, 5.74) is -1.21. The molecule has 0 saturated heterocycles. The van der Waals surface area contributed by atoms with E-state index in [4.69, 9.17) is 0 Å². The van der Waals surface area contributed by atoms with E-state index in [1.165, 1.54) is 0 Å². The van der Waals surface area contributed by atoms with Gasteiger partial charge in [-0.25, -0.2) is 0 Å². The van der Waals surface area contributed by atoms with Gasteiger partial charge in [-0.2, -0.15) is 13.2 Å². The Hall–Kier alpha value is -0.590. The van der Waals surface area contributed by atoms with Gasteiger partial charge in [0.1, 0.15) is 5.72 Å². The van der Waals surface area contributed by atoms with Crippen molar-refractivity contribution < 1.29 is 18.3 Å². The lowest BCUT2D eigenvalue weighted by molar-refractivity contribution is -0.143. The first-order valence-electron chi connectivity index (χ1n) is 6.07. The van der Waals surface area contributed by atoms with Crippen molar-refractivity contribution in [1.29, 1.82) is 0 Å². The molecule has 2 N–H and O–H groups in total. The minimum atomic E-state index is -4.35. The SMILES string of the molecule is CCCCC(O)(NCC(F)(F)F)c1ccc(Br)cc1. The summed E-state index contributed by atoms with van der Waals surface area (Å²) in [5.74, 6) is 0. The fourth-order valence-corrected chi connectivity index (χ4v) is 2.00. The van der Waals surface area contributed by atoms with Crippen LogP contribution in [0.5, 0.6) is 0 Å². The number of alkyl halides is 3. The van der Waals surface area contributed by atoms with Crippen molar-refractivity contribution in [3.8, 4) is 0 Å². The van der Waals surface area contributed by atoms with Crippen LogP contribution in [0.15, 0.2) is 28.7 Å². The Kier molecular flexibility index (Phi) is 5.82. The predicted molar refractivity (Wildman–Crippen MR) is 71.6 cm³/mol. The zero-order valence-electron chi connectivity index (χ0n) is 10.6. The van der Waals surface area contributed by atoms with Crippen LogP contribution in [0.4, 0.5) is 13.2 Å². The highest BCUT2D eigenvalue weighted by atomic mass is 79.9. The van der Waals surface area contributed by atoms with E-state index in [-0.39, 0.29) is 6.42 Å². The number of halogens is 4. The molecule has 6 heteroatoms. The number of aliphatic hydroxyl groups is 1. The molecule has 19 heavy (non-hydrogen) atoms. The normalized spacial score (nSPS) is 15.3. The Morgan fingerprint density at radius 3 is 2.26 bits per heavy atom. The molecule has 0 aliphatic rings. The van der Waals surface area contributed by atoms with E-state index in [1.807, 2.05) is 6.92 Å². The lowest BCUT2D eigenvalue weighted by atomic mass is 9.96. The average molecular weight is 340 g/mol. The summed E-state index contributed by atoms with van der Waals surface area (Å²) >= 11 is 3.25. The van der Waals surface area contributed by atoms with Gasteiger partial charge in [-0.15, -0.1) is 0 Å². The Morgan fingerprint density at radius 1 is 1.21 bits per heavy atom. The molecule has 0 aromatic heterocycles. The number of benzene rings is 1. The molecule has 0 saturated carbocycles. The van der Waals surface area contributed by atoms with Gasteiger partial charge in [-0.05, 0) is 30.5 Å². The van der Waals surface area contributed by atoms with Crippen LogP contribution in [0.25, 0.3) is 0 Å². The summed E-state index contributed by atoms with van der Waals surface area (Å²) in [7, 11) is 0. The van der Waals surface area contributed by atoms with E-state index in [2.05, 4.69) is 21.2 Å². The van der Waals surface area contributed by atoms with Gasteiger partial charge < -0.3 is 5.11 Å². The molecule has 0 amide bonds. The first-order chi connectivity index (χ1) is 8.77. The Balaban J connectivity index is 2.88. The highest BCUT2D eigenvalue weighted by molar-refractivity contribution is 9.10. The number of rotatable bonds is 6. The molecular formula is C13H17BrF3NO. The largest absolute Gasteiger partial charge is 0.401 e. The second-order valence-corrected chi connectivity index (χ2v) is 5.36. The van der Waals surface area contributed by atoms with Gasteiger partial charge in [0.2, 0.25) is 0 Å². The van der Waals surface area contributed by atoms with Gasteiger partial charge in [0.05, 0.1) is 6.54 Å². The molecule has 108 valence electrons. The fourth-order valence-electron chi connectivity index (χ4n) is 1.74. The maximum absolute atomic E-state index is 12.3. The second-order valence-electron chi connectivity index (χ2n) is 4.44. The molecule has 1 aromatic carbocycles. The Morgan fingerprint density at radius 2 is 1.79 bits per heavy atom. The minimum absolute atomic E-state index is 0.237. The zero-order chi connectivity index (χ0) is 14.5. The van der Waals surface area contributed by atoms with Gasteiger partial charge in [0, 0.05) is 4.47 Å². The number of unbranched alkanes of at least 4 members (excludes halogenated alkanes) is 1. The fraction of sp³-hybridized carbons (Fsp3) is 0.538. The molecule has 0 radical (unpaired) electrons. The molecule has 2 nitrogen and oxygen atoms in total. The lowest BCUT2D eigenvalue weighted by Crippen LogP contribution is -2.46. The van der Waals surface area contributed by atoms with Crippen LogP contribution in [0.3, 0.4) is 0 Å². The lowest BCUT2D eigenvalue weighted by Gasteiger charge is -2.30. The van der Waals surface area contributed by atoms with Crippen LogP contribution in [0.1, 0.15) is 31.7 Å². The third-order valence-corrected chi connectivity index (χ3v) is 3.32. The summed E-state index contributed by atoms with van der Waals surface area (Å²) in [5, 5.41) is 12.7. The molecule has 1 aromatic rings. The van der Waals surface area contributed by atoms with E-state index >= 15 is 0 Å². The average Bonchev–Trinajstić information content (AvgIpc) is 2.34. The van der Waals surface area contributed by atoms with Crippen LogP contribution in [0, 0.1) is 0 Å². The van der Waals surface area contributed by atoms with E-state index in [0.29, 0.717) is 12.0 Å². The summed E-state index contributed by atoms with van der Waals surface area (Å²) in [6.07, 6.45) is -2.68. The molecule has 1 rings (SSSR count). The van der Waals surface area contributed by atoms with E-state index < -0.39 is 18.4 Å². The first kappa shape index (κ1) is 16.5. The molecule has 0 heterocycles. The number of nitrogens with one attached hydrogen (secondary N) is 1. The van der Waals surface area contributed by atoms with Gasteiger partial charge in [-0.1, -0.05) is 41.4 Å². The van der Waals surface area contributed by atoms with Crippen molar-refractivity contribution >= 4 is 15.9 Å². The second kappa shape index (κ2) is 6.72.